The molecule has 0 heterocycles. The summed E-state index contributed by atoms with van der Waals surface area (Å²) in [6.07, 6.45) is 1.83. The molecule has 1 aliphatic rings. The number of fused-ring (bicyclic) bond motifs is 1. The van der Waals surface area contributed by atoms with Crippen LogP contribution in [0.1, 0.15) is 33.9 Å². The van der Waals surface area contributed by atoms with Crippen LogP contribution in [0.25, 0.3) is 0 Å². The molecule has 142 valence electrons. The van der Waals surface area contributed by atoms with Gasteiger partial charge in [0.25, 0.3) is 11.8 Å². The van der Waals surface area contributed by atoms with Crippen LogP contribution in [-0.2, 0) is 11.2 Å². The van der Waals surface area contributed by atoms with Crippen LogP contribution in [0.3, 0.4) is 0 Å². The van der Waals surface area contributed by atoms with Gasteiger partial charge < -0.3 is 20.1 Å². The Kier molecular flexibility index (Phi) is 5.56. The first-order chi connectivity index (χ1) is 12.9. The van der Waals surface area contributed by atoms with Crippen molar-refractivity contribution in [2.45, 2.75) is 18.9 Å². The first-order valence-electron chi connectivity index (χ1n) is 8.56. The molecule has 1 aliphatic carbocycles. The number of halogens is 1. The Morgan fingerprint density at radius 3 is 2.74 bits per heavy atom. The van der Waals surface area contributed by atoms with E-state index in [1.807, 2.05) is 12.1 Å². The van der Waals surface area contributed by atoms with Crippen molar-refractivity contribution >= 4 is 23.4 Å². The molecule has 2 aromatic rings. The van der Waals surface area contributed by atoms with Gasteiger partial charge in [-0.3, -0.25) is 9.59 Å². The molecule has 27 heavy (non-hydrogen) atoms. The van der Waals surface area contributed by atoms with Crippen molar-refractivity contribution in [3.8, 4) is 11.5 Å². The lowest BCUT2D eigenvalue weighted by molar-refractivity contribution is -0.119. The van der Waals surface area contributed by atoms with Gasteiger partial charge in [-0.25, -0.2) is 0 Å². The molecule has 0 saturated heterocycles. The minimum absolute atomic E-state index is 0.0178. The summed E-state index contributed by atoms with van der Waals surface area (Å²) in [5.41, 5.74) is 7.93. The summed E-state index contributed by atoms with van der Waals surface area (Å²) >= 11 is 6.26. The van der Waals surface area contributed by atoms with Gasteiger partial charge >= 0.3 is 0 Å². The van der Waals surface area contributed by atoms with Crippen LogP contribution in [-0.4, -0.2) is 37.5 Å². The number of rotatable bonds is 6. The van der Waals surface area contributed by atoms with E-state index in [-0.39, 0.29) is 35.1 Å². The average molecular weight is 389 g/mol. The number of ether oxygens (including phenoxy) is 2. The highest BCUT2D eigenvalue weighted by Gasteiger charge is 2.29. The van der Waals surface area contributed by atoms with Gasteiger partial charge in [0.05, 0.1) is 18.2 Å². The molecule has 2 N–H and O–H groups in total. The van der Waals surface area contributed by atoms with Gasteiger partial charge in [0, 0.05) is 12.6 Å². The molecule has 0 aromatic heterocycles. The highest BCUT2D eigenvalue weighted by molar-refractivity contribution is 6.32. The summed E-state index contributed by atoms with van der Waals surface area (Å²) in [5, 5.41) is 0.180. The topological polar surface area (TPSA) is 81.9 Å². The second kappa shape index (κ2) is 7.88. The summed E-state index contributed by atoms with van der Waals surface area (Å²) in [6, 6.07) is 11.2. The van der Waals surface area contributed by atoms with Gasteiger partial charge in [-0.15, -0.1) is 0 Å². The average Bonchev–Trinajstić information content (AvgIpc) is 3.09. The van der Waals surface area contributed by atoms with Gasteiger partial charge in [-0.1, -0.05) is 35.9 Å². The van der Waals surface area contributed by atoms with Crippen molar-refractivity contribution in [3.63, 3.8) is 0 Å². The fourth-order valence-corrected chi connectivity index (χ4v) is 3.67. The van der Waals surface area contributed by atoms with Crippen molar-refractivity contribution < 1.29 is 19.1 Å². The SMILES string of the molecule is COc1cc(C(=O)N(C)C2CCc3ccccc32)cc(Cl)c1OCC(N)=O. The van der Waals surface area contributed by atoms with E-state index < -0.39 is 5.91 Å². The molecule has 0 aliphatic heterocycles. The van der Waals surface area contributed by atoms with Crippen molar-refractivity contribution in [1.82, 2.24) is 4.90 Å². The Morgan fingerprint density at radius 1 is 1.30 bits per heavy atom. The predicted molar refractivity (Wildman–Crippen MR) is 102 cm³/mol. The predicted octanol–water partition coefficient (Wildman–Crippen LogP) is 2.97. The number of nitrogens with two attached hydrogens (primary N) is 1. The summed E-state index contributed by atoms with van der Waals surface area (Å²) in [5.74, 6) is -0.345. The lowest BCUT2D eigenvalue weighted by Gasteiger charge is -2.26. The van der Waals surface area contributed by atoms with Gasteiger partial charge in [0.2, 0.25) is 0 Å². The largest absolute Gasteiger partial charge is 0.493 e. The Bertz CT molecular complexity index is 884. The lowest BCUT2D eigenvalue weighted by Crippen LogP contribution is -2.30. The molecule has 2 aromatic carbocycles. The van der Waals surface area contributed by atoms with Gasteiger partial charge in [-0.05, 0) is 36.1 Å². The Balaban J connectivity index is 1.86. The van der Waals surface area contributed by atoms with E-state index in [0.29, 0.717) is 5.56 Å². The molecule has 1 unspecified atom stereocenters. The molecular formula is C20H21ClN2O4. The van der Waals surface area contributed by atoms with Crippen molar-refractivity contribution in [1.29, 1.82) is 0 Å². The second-order valence-corrected chi connectivity index (χ2v) is 6.82. The van der Waals surface area contributed by atoms with Crippen LogP contribution in [0.4, 0.5) is 0 Å². The maximum atomic E-state index is 13.0. The third-order valence-corrected chi connectivity index (χ3v) is 5.00. The highest BCUT2D eigenvalue weighted by Crippen LogP contribution is 2.39. The number of hydrogen-bond donors (Lipinski definition) is 1. The number of primary amides is 1. The number of nitrogens with zero attached hydrogens (tertiary/aromatic N) is 1. The van der Waals surface area contributed by atoms with Crippen LogP contribution < -0.4 is 15.2 Å². The zero-order chi connectivity index (χ0) is 19.6. The lowest BCUT2D eigenvalue weighted by atomic mass is 10.1. The first kappa shape index (κ1) is 19.0. The van der Waals surface area contributed by atoms with E-state index >= 15 is 0 Å². The van der Waals surface area contributed by atoms with Crippen LogP contribution >= 0.6 is 11.6 Å². The molecule has 6 nitrogen and oxygen atoms in total. The number of hydrogen-bond acceptors (Lipinski definition) is 4. The molecule has 1 atom stereocenters. The fourth-order valence-electron chi connectivity index (χ4n) is 3.41. The summed E-state index contributed by atoms with van der Waals surface area (Å²) < 4.78 is 10.6. The van der Waals surface area contributed by atoms with Crippen LogP contribution in [0.15, 0.2) is 36.4 Å². The number of carbonyl (C=O) groups excluding carboxylic acids is 2. The Labute approximate surface area is 162 Å². The number of benzene rings is 2. The quantitative estimate of drug-likeness (QED) is 0.824. The third kappa shape index (κ3) is 3.85. The van der Waals surface area contributed by atoms with Gasteiger partial charge in [0.1, 0.15) is 0 Å². The Morgan fingerprint density at radius 2 is 2.04 bits per heavy atom. The standard InChI is InChI=1S/C20H21ClN2O4/c1-23(16-8-7-12-5-3-4-6-14(12)16)20(25)13-9-15(21)19(17(10-13)26-2)27-11-18(22)24/h3-6,9-10,16H,7-8,11H2,1-2H3,(H2,22,24). The minimum Gasteiger partial charge on any atom is -0.493 e. The van der Waals surface area contributed by atoms with Crippen LogP contribution in [0, 0.1) is 0 Å². The van der Waals surface area contributed by atoms with Crippen LogP contribution in [0.2, 0.25) is 5.02 Å². The third-order valence-electron chi connectivity index (χ3n) is 4.72. The Hall–Kier alpha value is -2.73. The molecule has 0 bridgehead atoms. The molecule has 7 heteroatoms. The first-order valence-corrected chi connectivity index (χ1v) is 8.93. The monoisotopic (exact) mass is 388 g/mol. The molecular weight excluding hydrogens is 368 g/mol. The van der Waals surface area contributed by atoms with Crippen molar-refractivity contribution in [2.75, 3.05) is 20.8 Å². The van der Waals surface area contributed by atoms with Gasteiger partial charge in [0.15, 0.2) is 18.1 Å². The van der Waals surface area contributed by atoms with E-state index in [0.717, 1.165) is 12.8 Å². The summed E-state index contributed by atoms with van der Waals surface area (Å²) in [6.45, 7) is -0.331. The number of aryl methyl sites for hydroxylation is 1. The summed E-state index contributed by atoms with van der Waals surface area (Å²) in [7, 11) is 3.22. The van der Waals surface area contributed by atoms with E-state index in [1.54, 1.807) is 18.0 Å². The molecule has 0 saturated carbocycles. The van der Waals surface area contributed by atoms with Gasteiger partial charge in [-0.2, -0.15) is 0 Å². The zero-order valence-electron chi connectivity index (χ0n) is 15.2. The minimum atomic E-state index is -0.632. The number of carbonyl (C=O) groups is 2. The smallest absolute Gasteiger partial charge is 0.255 e. The molecule has 0 spiro atoms. The van der Waals surface area contributed by atoms with Crippen molar-refractivity contribution in [3.05, 3.63) is 58.1 Å². The fraction of sp³-hybridized carbons (Fsp3) is 0.300. The maximum absolute atomic E-state index is 13.0. The molecule has 0 radical (unpaired) electrons. The second-order valence-electron chi connectivity index (χ2n) is 6.41. The van der Waals surface area contributed by atoms with Crippen LogP contribution in [0.5, 0.6) is 11.5 Å². The molecule has 0 fully saturated rings. The van der Waals surface area contributed by atoms with Crippen molar-refractivity contribution in [2.24, 2.45) is 5.73 Å². The van der Waals surface area contributed by atoms with E-state index in [4.69, 9.17) is 26.8 Å². The normalized spacial score (nSPS) is 15.1. The number of methoxy groups -OCH3 is 1. The highest BCUT2D eigenvalue weighted by atomic mass is 35.5. The van der Waals surface area contributed by atoms with E-state index in [2.05, 4.69) is 12.1 Å². The van der Waals surface area contributed by atoms with E-state index in [1.165, 1.54) is 24.3 Å². The summed E-state index contributed by atoms with van der Waals surface area (Å²) in [4.78, 5) is 25.7. The van der Waals surface area contributed by atoms with E-state index in [9.17, 15) is 9.59 Å². The molecule has 2 amide bonds. The molecule has 3 rings (SSSR count). The maximum Gasteiger partial charge on any atom is 0.255 e. The zero-order valence-corrected chi connectivity index (χ0v) is 16.0. The number of amides is 2.